The molecular weight excluding hydrogens is 351 g/mol. The third-order valence-corrected chi connectivity index (χ3v) is 5.20. The van der Waals surface area contributed by atoms with Gasteiger partial charge in [0.1, 0.15) is 11.3 Å². The highest BCUT2D eigenvalue weighted by atomic mass is 35.5. The zero-order chi connectivity index (χ0) is 16.5. The van der Waals surface area contributed by atoms with E-state index >= 15 is 0 Å². The molecule has 1 aliphatic heterocycles. The standard InChI is InChI=1S/C16H18Cl2N4O2/c17-13-10(5-6-20-14(13)18)7-19-8-11-3-4-12(23-11)16-21-15(22-24-16)9-1-2-9/h5-6,9,11-12,19H,1-4,7-8H2/t11-,12+/m1/s1. The Labute approximate surface area is 149 Å². The Morgan fingerprint density at radius 1 is 1.21 bits per heavy atom. The van der Waals surface area contributed by atoms with Crippen molar-refractivity contribution in [2.24, 2.45) is 0 Å². The number of ether oxygens (including phenoxy) is 1. The lowest BCUT2D eigenvalue weighted by Gasteiger charge is -2.13. The van der Waals surface area contributed by atoms with E-state index in [1.54, 1.807) is 6.20 Å². The number of hydrogen-bond acceptors (Lipinski definition) is 6. The normalized spacial score (nSPS) is 23.8. The van der Waals surface area contributed by atoms with Gasteiger partial charge in [-0.15, -0.1) is 0 Å². The zero-order valence-electron chi connectivity index (χ0n) is 13.0. The number of nitrogens with one attached hydrogen (secondary N) is 1. The van der Waals surface area contributed by atoms with E-state index in [0.29, 0.717) is 28.5 Å². The van der Waals surface area contributed by atoms with E-state index in [1.165, 1.54) is 12.8 Å². The Morgan fingerprint density at radius 3 is 2.92 bits per heavy atom. The fourth-order valence-electron chi connectivity index (χ4n) is 2.88. The van der Waals surface area contributed by atoms with Crippen LogP contribution in [0.3, 0.4) is 0 Å². The summed E-state index contributed by atoms with van der Waals surface area (Å²) < 4.78 is 11.4. The van der Waals surface area contributed by atoms with Crippen molar-refractivity contribution in [3.63, 3.8) is 0 Å². The molecule has 0 bridgehead atoms. The molecule has 0 unspecified atom stereocenters. The topological polar surface area (TPSA) is 73.1 Å². The number of hydrogen-bond donors (Lipinski definition) is 1. The van der Waals surface area contributed by atoms with Crippen LogP contribution in [0.4, 0.5) is 0 Å². The smallest absolute Gasteiger partial charge is 0.255 e. The molecule has 1 saturated carbocycles. The van der Waals surface area contributed by atoms with E-state index in [0.717, 1.165) is 30.8 Å². The number of halogens is 2. The molecule has 1 aliphatic carbocycles. The molecule has 2 aromatic rings. The van der Waals surface area contributed by atoms with Crippen molar-refractivity contribution in [3.8, 4) is 0 Å². The van der Waals surface area contributed by atoms with Gasteiger partial charge in [0.15, 0.2) is 5.82 Å². The van der Waals surface area contributed by atoms with Gasteiger partial charge < -0.3 is 14.6 Å². The Balaban J connectivity index is 1.27. The third-order valence-electron chi connectivity index (χ3n) is 4.40. The van der Waals surface area contributed by atoms with Gasteiger partial charge in [-0.05, 0) is 37.3 Å². The van der Waals surface area contributed by atoms with Gasteiger partial charge in [-0.3, -0.25) is 0 Å². The van der Waals surface area contributed by atoms with Crippen molar-refractivity contribution in [3.05, 3.63) is 39.7 Å². The molecule has 2 aromatic heterocycles. The van der Waals surface area contributed by atoms with Crippen LogP contribution in [-0.2, 0) is 11.3 Å². The van der Waals surface area contributed by atoms with Crippen molar-refractivity contribution < 1.29 is 9.26 Å². The van der Waals surface area contributed by atoms with E-state index in [4.69, 9.17) is 32.5 Å². The van der Waals surface area contributed by atoms with Crippen LogP contribution >= 0.6 is 23.2 Å². The molecule has 0 radical (unpaired) electrons. The quantitative estimate of drug-likeness (QED) is 0.784. The minimum Gasteiger partial charge on any atom is -0.364 e. The molecule has 3 heterocycles. The van der Waals surface area contributed by atoms with E-state index in [1.807, 2.05) is 6.07 Å². The van der Waals surface area contributed by atoms with Crippen molar-refractivity contribution in [1.29, 1.82) is 0 Å². The van der Waals surface area contributed by atoms with Gasteiger partial charge in [-0.1, -0.05) is 28.4 Å². The lowest BCUT2D eigenvalue weighted by atomic mass is 10.2. The van der Waals surface area contributed by atoms with E-state index in [9.17, 15) is 0 Å². The molecule has 2 atom stereocenters. The second-order valence-electron chi connectivity index (χ2n) is 6.29. The van der Waals surface area contributed by atoms with E-state index < -0.39 is 0 Å². The molecule has 6 nitrogen and oxygen atoms in total. The number of nitrogens with zero attached hydrogens (tertiary/aromatic N) is 3. The number of rotatable bonds is 6. The first-order valence-corrected chi connectivity index (χ1v) is 8.95. The van der Waals surface area contributed by atoms with Gasteiger partial charge in [0, 0.05) is 25.2 Å². The van der Waals surface area contributed by atoms with Crippen molar-refractivity contribution >= 4 is 23.2 Å². The highest BCUT2D eigenvalue weighted by molar-refractivity contribution is 6.41. The molecular formula is C16H18Cl2N4O2. The SMILES string of the molecule is Clc1nccc(CNC[C@H]2CC[C@@H](c3nc(C4CC4)no3)O2)c1Cl. The molecule has 0 aromatic carbocycles. The van der Waals surface area contributed by atoms with Gasteiger partial charge in [0.2, 0.25) is 0 Å². The summed E-state index contributed by atoms with van der Waals surface area (Å²) >= 11 is 12.0. The minimum absolute atomic E-state index is 0.0873. The molecule has 4 rings (SSSR count). The monoisotopic (exact) mass is 368 g/mol. The largest absolute Gasteiger partial charge is 0.364 e. The highest BCUT2D eigenvalue weighted by Gasteiger charge is 2.33. The van der Waals surface area contributed by atoms with Crippen LogP contribution in [0, 0.1) is 0 Å². The molecule has 1 N–H and O–H groups in total. The van der Waals surface area contributed by atoms with Gasteiger partial charge in [0.25, 0.3) is 5.89 Å². The molecule has 1 saturated heterocycles. The van der Waals surface area contributed by atoms with Crippen LogP contribution in [0.15, 0.2) is 16.8 Å². The molecule has 2 fully saturated rings. The maximum atomic E-state index is 6.13. The van der Waals surface area contributed by atoms with Crippen LogP contribution in [0.5, 0.6) is 0 Å². The average Bonchev–Trinajstić information content (AvgIpc) is 3.12. The molecule has 0 amide bonds. The fourth-order valence-corrected chi connectivity index (χ4v) is 3.24. The summed E-state index contributed by atoms with van der Waals surface area (Å²) in [7, 11) is 0. The predicted molar refractivity (Wildman–Crippen MR) is 89.1 cm³/mol. The summed E-state index contributed by atoms with van der Waals surface area (Å²) in [5, 5.41) is 8.23. The lowest BCUT2D eigenvalue weighted by molar-refractivity contribution is 0.0264. The molecule has 2 aliphatic rings. The predicted octanol–water partition coefficient (Wildman–Crippen LogP) is 3.66. The Hall–Kier alpha value is -1.21. The summed E-state index contributed by atoms with van der Waals surface area (Å²) in [6.45, 7) is 1.36. The summed E-state index contributed by atoms with van der Waals surface area (Å²) in [6, 6.07) is 1.86. The average molecular weight is 369 g/mol. The first kappa shape index (κ1) is 16.3. The van der Waals surface area contributed by atoms with E-state index in [-0.39, 0.29) is 12.2 Å². The summed E-state index contributed by atoms with van der Waals surface area (Å²) in [6.07, 6.45) is 5.89. The summed E-state index contributed by atoms with van der Waals surface area (Å²) in [5.41, 5.74) is 0.928. The summed E-state index contributed by atoms with van der Waals surface area (Å²) in [4.78, 5) is 8.42. The second kappa shape index (κ2) is 6.96. The van der Waals surface area contributed by atoms with Crippen LogP contribution < -0.4 is 5.32 Å². The van der Waals surface area contributed by atoms with E-state index in [2.05, 4.69) is 20.4 Å². The Morgan fingerprint density at radius 2 is 2.08 bits per heavy atom. The van der Waals surface area contributed by atoms with Gasteiger partial charge in [-0.2, -0.15) is 4.98 Å². The first-order chi connectivity index (χ1) is 11.7. The van der Waals surface area contributed by atoms with Gasteiger partial charge in [-0.25, -0.2) is 4.98 Å². The third kappa shape index (κ3) is 3.57. The zero-order valence-corrected chi connectivity index (χ0v) is 14.6. The Bertz CT molecular complexity index is 720. The molecule has 8 heteroatoms. The van der Waals surface area contributed by atoms with Gasteiger partial charge in [0.05, 0.1) is 11.1 Å². The molecule has 128 valence electrons. The minimum atomic E-state index is -0.0873. The number of pyridine rings is 1. The summed E-state index contributed by atoms with van der Waals surface area (Å²) in [5.74, 6) is 1.95. The maximum Gasteiger partial charge on any atom is 0.255 e. The highest BCUT2D eigenvalue weighted by Crippen LogP contribution is 2.39. The maximum absolute atomic E-state index is 6.13. The molecule has 24 heavy (non-hydrogen) atoms. The second-order valence-corrected chi connectivity index (χ2v) is 7.03. The van der Waals surface area contributed by atoms with Crippen LogP contribution in [0.25, 0.3) is 0 Å². The lowest BCUT2D eigenvalue weighted by Crippen LogP contribution is -2.26. The number of aromatic nitrogens is 3. The Kier molecular flexibility index (Phi) is 4.72. The van der Waals surface area contributed by atoms with Crippen molar-refractivity contribution in [2.75, 3.05) is 6.54 Å². The fraction of sp³-hybridized carbons (Fsp3) is 0.562. The van der Waals surface area contributed by atoms with Crippen LogP contribution in [0.1, 0.15) is 55.0 Å². The first-order valence-electron chi connectivity index (χ1n) is 8.19. The molecule has 0 spiro atoms. The van der Waals surface area contributed by atoms with Crippen molar-refractivity contribution in [2.45, 2.75) is 50.4 Å². The van der Waals surface area contributed by atoms with Crippen LogP contribution in [0.2, 0.25) is 10.2 Å². The van der Waals surface area contributed by atoms with Gasteiger partial charge >= 0.3 is 0 Å². The van der Waals surface area contributed by atoms with Crippen LogP contribution in [-0.4, -0.2) is 27.8 Å². The van der Waals surface area contributed by atoms with Crippen molar-refractivity contribution in [1.82, 2.24) is 20.4 Å².